The molecule has 1 unspecified atom stereocenters. The average molecular weight is 298 g/mol. The van der Waals surface area contributed by atoms with Gasteiger partial charge in [0, 0.05) is 6.07 Å². The van der Waals surface area contributed by atoms with E-state index in [-0.39, 0.29) is 18.2 Å². The van der Waals surface area contributed by atoms with Crippen LogP contribution >= 0.6 is 0 Å². The molecule has 2 aromatic rings. The molecule has 0 saturated carbocycles. The minimum absolute atomic E-state index is 0.0993. The number of nitrogens with two attached hydrogens (primary N) is 1. The van der Waals surface area contributed by atoms with E-state index >= 15 is 0 Å². The van der Waals surface area contributed by atoms with Gasteiger partial charge >= 0.3 is 6.18 Å². The predicted molar refractivity (Wildman–Crippen MR) is 71.3 cm³/mol. The molecule has 5 nitrogen and oxygen atoms in total. The Labute approximate surface area is 118 Å². The van der Waals surface area contributed by atoms with Gasteiger partial charge in [-0.1, -0.05) is 30.3 Å². The lowest BCUT2D eigenvalue weighted by Gasteiger charge is -2.18. The van der Waals surface area contributed by atoms with E-state index in [4.69, 9.17) is 5.73 Å². The second-order valence-corrected chi connectivity index (χ2v) is 4.29. The first-order valence-electron chi connectivity index (χ1n) is 6.04. The van der Waals surface area contributed by atoms with Crippen LogP contribution in [-0.2, 0) is 6.18 Å². The molecule has 0 amide bonds. The average Bonchev–Trinajstić information content (AvgIpc) is 2.44. The van der Waals surface area contributed by atoms with E-state index in [0.717, 1.165) is 0 Å². The van der Waals surface area contributed by atoms with Gasteiger partial charge in [0.15, 0.2) is 0 Å². The number of alkyl halides is 3. The first kappa shape index (κ1) is 15.0. The zero-order valence-corrected chi connectivity index (χ0v) is 10.8. The minimum Gasteiger partial charge on any atom is -0.394 e. The quantitative estimate of drug-likeness (QED) is 0.806. The number of nitrogen functional groups attached to an aromatic ring is 1. The summed E-state index contributed by atoms with van der Waals surface area (Å²) < 4.78 is 37.9. The number of benzene rings is 1. The van der Waals surface area contributed by atoms with Gasteiger partial charge in [0.1, 0.15) is 11.6 Å². The molecule has 0 aliphatic carbocycles. The molecule has 1 aromatic carbocycles. The number of aliphatic hydroxyl groups is 1. The summed E-state index contributed by atoms with van der Waals surface area (Å²) in [7, 11) is 0. The number of aliphatic hydroxyl groups excluding tert-OH is 1. The van der Waals surface area contributed by atoms with Crippen LogP contribution in [0, 0.1) is 0 Å². The van der Waals surface area contributed by atoms with Crippen molar-refractivity contribution >= 4 is 11.6 Å². The number of halogens is 3. The topological polar surface area (TPSA) is 84.1 Å². The number of nitrogens with one attached hydrogen (secondary N) is 1. The minimum atomic E-state index is -4.69. The van der Waals surface area contributed by atoms with E-state index in [2.05, 4.69) is 15.3 Å². The number of aromatic nitrogens is 2. The van der Waals surface area contributed by atoms with Crippen LogP contribution in [0.15, 0.2) is 36.4 Å². The maximum atomic E-state index is 12.6. The summed E-state index contributed by atoms with van der Waals surface area (Å²) in [6.45, 7) is -0.310. The third-order valence-corrected chi connectivity index (χ3v) is 2.71. The Hall–Kier alpha value is -2.35. The highest BCUT2D eigenvalue weighted by molar-refractivity contribution is 5.46. The lowest BCUT2D eigenvalue weighted by atomic mass is 10.1. The molecular weight excluding hydrogens is 285 g/mol. The van der Waals surface area contributed by atoms with Crippen LogP contribution in [0.2, 0.25) is 0 Å². The Balaban J connectivity index is 2.28. The number of hydrogen-bond donors (Lipinski definition) is 3. The summed E-state index contributed by atoms with van der Waals surface area (Å²) in [6, 6.07) is 9.38. The molecule has 0 aliphatic rings. The van der Waals surface area contributed by atoms with Gasteiger partial charge in [-0.3, -0.25) is 0 Å². The zero-order chi connectivity index (χ0) is 15.5. The van der Waals surface area contributed by atoms with Gasteiger partial charge in [-0.25, -0.2) is 9.97 Å². The van der Waals surface area contributed by atoms with Crippen molar-refractivity contribution in [1.82, 2.24) is 9.97 Å². The second kappa shape index (κ2) is 5.96. The molecule has 0 aliphatic heterocycles. The summed E-state index contributed by atoms with van der Waals surface area (Å²) in [4.78, 5) is 6.53. The van der Waals surface area contributed by atoms with Crippen molar-refractivity contribution in [1.29, 1.82) is 0 Å². The van der Waals surface area contributed by atoms with Crippen molar-refractivity contribution in [2.24, 2.45) is 0 Å². The summed E-state index contributed by atoms with van der Waals surface area (Å²) >= 11 is 0. The normalized spacial score (nSPS) is 13.0. The molecule has 0 fully saturated rings. The van der Waals surface area contributed by atoms with E-state index in [1.807, 2.05) is 0 Å². The van der Waals surface area contributed by atoms with Crippen LogP contribution < -0.4 is 11.1 Å². The van der Waals surface area contributed by atoms with Gasteiger partial charge in [0.2, 0.25) is 5.82 Å². The molecule has 1 aromatic heterocycles. The fourth-order valence-electron chi connectivity index (χ4n) is 1.76. The molecule has 0 spiro atoms. The van der Waals surface area contributed by atoms with Crippen molar-refractivity contribution in [3.8, 4) is 0 Å². The van der Waals surface area contributed by atoms with Gasteiger partial charge in [0.05, 0.1) is 12.6 Å². The maximum Gasteiger partial charge on any atom is 0.451 e. The first-order valence-corrected chi connectivity index (χ1v) is 6.04. The van der Waals surface area contributed by atoms with Crippen molar-refractivity contribution < 1.29 is 18.3 Å². The predicted octanol–water partition coefficient (Wildman–Crippen LogP) is 2.22. The van der Waals surface area contributed by atoms with Crippen LogP contribution in [0.1, 0.15) is 17.4 Å². The summed E-state index contributed by atoms with van der Waals surface area (Å²) in [6.07, 6.45) is -4.69. The van der Waals surface area contributed by atoms with Gasteiger partial charge in [-0.15, -0.1) is 0 Å². The van der Waals surface area contributed by atoms with Crippen LogP contribution in [0.4, 0.5) is 24.8 Å². The van der Waals surface area contributed by atoms with Crippen molar-refractivity contribution in [3.63, 3.8) is 0 Å². The van der Waals surface area contributed by atoms with Gasteiger partial charge in [-0.2, -0.15) is 13.2 Å². The Morgan fingerprint density at radius 3 is 2.43 bits per heavy atom. The van der Waals surface area contributed by atoms with E-state index in [1.165, 1.54) is 6.07 Å². The highest BCUT2D eigenvalue weighted by atomic mass is 19.4. The molecule has 21 heavy (non-hydrogen) atoms. The molecule has 2 rings (SSSR count). The van der Waals surface area contributed by atoms with Crippen molar-refractivity contribution in [2.75, 3.05) is 17.7 Å². The van der Waals surface area contributed by atoms with E-state index in [0.29, 0.717) is 5.56 Å². The Bertz CT molecular complexity index is 604. The highest BCUT2D eigenvalue weighted by Crippen LogP contribution is 2.28. The van der Waals surface area contributed by atoms with Crippen LogP contribution in [0.3, 0.4) is 0 Å². The summed E-state index contributed by atoms with van der Waals surface area (Å²) in [5, 5.41) is 12.1. The molecule has 4 N–H and O–H groups in total. The Morgan fingerprint density at radius 2 is 1.86 bits per heavy atom. The lowest BCUT2D eigenvalue weighted by Crippen LogP contribution is -2.19. The molecule has 0 saturated heterocycles. The van der Waals surface area contributed by atoms with E-state index in [1.54, 1.807) is 30.3 Å². The zero-order valence-electron chi connectivity index (χ0n) is 10.8. The molecule has 0 bridgehead atoms. The fourth-order valence-corrected chi connectivity index (χ4v) is 1.76. The third kappa shape index (κ3) is 3.82. The van der Waals surface area contributed by atoms with E-state index in [9.17, 15) is 18.3 Å². The van der Waals surface area contributed by atoms with E-state index < -0.39 is 18.0 Å². The molecule has 8 heteroatoms. The summed E-state index contributed by atoms with van der Waals surface area (Å²) in [5.74, 6) is -1.72. The number of rotatable bonds is 4. The van der Waals surface area contributed by atoms with Crippen LogP contribution in [0.25, 0.3) is 0 Å². The summed E-state index contributed by atoms with van der Waals surface area (Å²) in [5.41, 5.74) is 6.07. The van der Waals surface area contributed by atoms with Gasteiger partial charge < -0.3 is 16.2 Å². The van der Waals surface area contributed by atoms with Crippen LogP contribution in [0.5, 0.6) is 0 Å². The SMILES string of the molecule is Nc1cc(NC(CO)c2ccccc2)nc(C(F)(F)F)n1. The molecule has 0 radical (unpaired) electrons. The molecule has 112 valence electrons. The van der Waals surface area contributed by atoms with Gasteiger partial charge in [0.25, 0.3) is 0 Å². The maximum absolute atomic E-state index is 12.6. The number of hydrogen-bond acceptors (Lipinski definition) is 5. The van der Waals surface area contributed by atoms with Crippen molar-refractivity contribution in [2.45, 2.75) is 12.2 Å². The second-order valence-electron chi connectivity index (χ2n) is 4.29. The highest BCUT2D eigenvalue weighted by Gasteiger charge is 2.35. The largest absolute Gasteiger partial charge is 0.451 e. The van der Waals surface area contributed by atoms with Gasteiger partial charge in [-0.05, 0) is 5.56 Å². The number of anilines is 2. The lowest BCUT2D eigenvalue weighted by molar-refractivity contribution is -0.144. The molecule has 1 heterocycles. The number of nitrogens with zero attached hydrogens (tertiary/aromatic N) is 2. The third-order valence-electron chi connectivity index (χ3n) is 2.71. The molecular formula is C13H13F3N4O. The smallest absolute Gasteiger partial charge is 0.394 e. The Kier molecular flexibility index (Phi) is 4.27. The van der Waals surface area contributed by atoms with Crippen LogP contribution in [-0.4, -0.2) is 21.7 Å². The Morgan fingerprint density at radius 1 is 1.19 bits per heavy atom. The first-order chi connectivity index (χ1) is 9.90. The monoisotopic (exact) mass is 298 g/mol. The fraction of sp³-hybridized carbons (Fsp3) is 0.231. The molecule has 1 atom stereocenters. The standard InChI is InChI=1S/C13H13F3N4O/c14-13(15,16)12-19-10(17)6-11(20-12)18-9(7-21)8-4-2-1-3-5-8/h1-6,9,21H,7H2,(H3,17,18,19,20). The van der Waals surface area contributed by atoms with Crippen molar-refractivity contribution in [3.05, 3.63) is 47.8 Å².